The fourth-order valence-corrected chi connectivity index (χ4v) is 3.57. The summed E-state index contributed by atoms with van der Waals surface area (Å²) in [4.78, 5) is 13.6. The number of sulfone groups is 1. The molecule has 1 aliphatic rings. The standard InChI is InChI=1S/C13H26N2O3S.ClH/c1-11(10-19(3,17)18)15(2)13(16)5-4-12-6-8-14-9-7-12;/h11-12,14H,4-10H2,1-3H3;1H. The van der Waals surface area contributed by atoms with Crippen LogP contribution in [0.2, 0.25) is 0 Å². The normalized spacial score (nSPS) is 18.1. The van der Waals surface area contributed by atoms with E-state index in [2.05, 4.69) is 5.32 Å². The highest BCUT2D eigenvalue weighted by Crippen LogP contribution is 2.18. The second-order valence-corrected chi connectivity index (χ2v) is 7.86. The van der Waals surface area contributed by atoms with Crippen LogP contribution in [0.4, 0.5) is 0 Å². The number of amides is 1. The zero-order valence-corrected chi connectivity index (χ0v) is 14.2. The highest BCUT2D eigenvalue weighted by Gasteiger charge is 2.21. The van der Waals surface area contributed by atoms with E-state index < -0.39 is 9.84 Å². The van der Waals surface area contributed by atoms with Gasteiger partial charge in [-0.15, -0.1) is 12.4 Å². The first-order valence-electron chi connectivity index (χ1n) is 6.93. The number of rotatable bonds is 6. The van der Waals surface area contributed by atoms with Gasteiger partial charge in [-0.3, -0.25) is 4.79 Å². The van der Waals surface area contributed by atoms with E-state index in [1.165, 1.54) is 6.26 Å². The zero-order chi connectivity index (χ0) is 14.5. The summed E-state index contributed by atoms with van der Waals surface area (Å²) in [5.41, 5.74) is 0. The summed E-state index contributed by atoms with van der Waals surface area (Å²) < 4.78 is 22.5. The van der Waals surface area contributed by atoms with Crippen molar-refractivity contribution in [3.8, 4) is 0 Å². The summed E-state index contributed by atoms with van der Waals surface area (Å²) in [5, 5.41) is 3.31. The van der Waals surface area contributed by atoms with Gasteiger partial charge >= 0.3 is 0 Å². The van der Waals surface area contributed by atoms with Crippen molar-refractivity contribution in [1.29, 1.82) is 0 Å². The molecule has 1 aliphatic heterocycles. The first kappa shape index (κ1) is 19.7. The summed E-state index contributed by atoms with van der Waals surface area (Å²) in [6, 6.07) is -0.254. The summed E-state index contributed by atoms with van der Waals surface area (Å²) in [6.07, 6.45) is 4.91. The average Bonchev–Trinajstić information content (AvgIpc) is 2.34. The van der Waals surface area contributed by atoms with Gasteiger partial charge in [-0.2, -0.15) is 0 Å². The van der Waals surface area contributed by atoms with Gasteiger partial charge in [0, 0.05) is 25.8 Å². The van der Waals surface area contributed by atoms with E-state index >= 15 is 0 Å². The molecule has 1 unspecified atom stereocenters. The molecule has 0 aromatic carbocycles. The predicted molar refractivity (Wildman–Crippen MR) is 84.0 cm³/mol. The Labute approximate surface area is 128 Å². The minimum atomic E-state index is -3.04. The number of carbonyl (C=O) groups excluding carboxylic acids is 1. The first-order valence-corrected chi connectivity index (χ1v) is 8.99. The SMILES string of the molecule is CC(CS(C)(=O)=O)N(C)C(=O)CCC1CCNCC1.Cl. The first-order chi connectivity index (χ1) is 8.79. The topological polar surface area (TPSA) is 66.5 Å². The number of piperidine rings is 1. The molecule has 7 heteroatoms. The maximum Gasteiger partial charge on any atom is 0.222 e. The van der Waals surface area contributed by atoms with Crippen LogP contribution in [0.25, 0.3) is 0 Å². The highest BCUT2D eigenvalue weighted by molar-refractivity contribution is 7.90. The Morgan fingerprint density at radius 3 is 2.40 bits per heavy atom. The van der Waals surface area contributed by atoms with E-state index in [9.17, 15) is 13.2 Å². The maximum absolute atomic E-state index is 12.0. The van der Waals surface area contributed by atoms with E-state index in [4.69, 9.17) is 0 Å². The third-order valence-corrected chi connectivity index (χ3v) is 4.91. The quantitative estimate of drug-likeness (QED) is 0.793. The minimum Gasteiger partial charge on any atom is -0.342 e. The lowest BCUT2D eigenvalue weighted by Crippen LogP contribution is -2.39. The number of hydrogen-bond acceptors (Lipinski definition) is 4. The third-order valence-electron chi connectivity index (χ3n) is 3.82. The Bertz CT molecular complexity index is 394. The fourth-order valence-electron chi connectivity index (χ4n) is 2.47. The molecule has 0 bridgehead atoms. The molecular formula is C13H27ClN2O3S. The van der Waals surface area contributed by atoms with Crippen molar-refractivity contribution in [3.63, 3.8) is 0 Å². The Kier molecular flexibility index (Phi) is 8.70. The van der Waals surface area contributed by atoms with Crippen molar-refractivity contribution < 1.29 is 13.2 Å². The second kappa shape index (κ2) is 8.85. The van der Waals surface area contributed by atoms with E-state index in [-0.39, 0.29) is 30.1 Å². The number of halogens is 1. The van der Waals surface area contributed by atoms with Crippen molar-refractivity contribution >= 4 is 28.2 Å². The summed E-state index contributed by atoms with van der Waals surface area (Å²) >= 11 is 0. The largest absolute Gasteiger partial charge is 0.342 e. The molecule has 1 amide bonds. The van der Waals surface area contributed by atoms with Crippen molar-refractivity contribution in [3.05, 3.63) is 0 Å². The van der Waals surface area contributed by atoms with Crippen LogP contribution in [-0.2, 0) is 14.6 Å². The average molecular weight is 327 g/mol. The zero-order valence-electron chi connectivity index (χ0n) is 12.6. The Hall–Kier alpha value is -0.330. The molecule has 1 N–H and O–H groups in total. The Balaban J connectivity index is 0.00000361. The Morgan fingerprint density at radius 2 is 1.90 bits per heavy atom. The summed E-state index contributed by atoms with van der Waals surface area (Å²) in [7, 11) is -1.34. The van der Waals surface area contributed by atoms with E-state index in [1.54, 1.807) is 18.9 Å². The molecule has 20 heavy (non-hydrogen) atoms. The molecule has 1 rings (SSSR count). The van der Waals surface area contributed by atoms with Crippen molar-refractivity contribution in [2.24, 2.45) is 5.92 Å². The monoisotopic (exact) mass is 326 g/mol. The number of hydrogen-bond donors (Lipinski definition) is 1. The molecule has 0 saturated carbocycles. The van der Waals surface area contributed by atoms with Gasteiger partial charge in [0.05, 0.1) is 5.75 Å². The Morgan fingerprint density at radius 1 is 1.35 bits per heavy atom. The lowest BCUT2D eigenvalue weighted by molar-refractivity contribution is -0.131. The van der Waals surface area contributed by atoms with Crippen LogP contribution in [0.15, 0.2) is 0 Å². The van der Waals surface area contributed by atoms with Gasteiger partial charge in [-0.25, -0.2) is 8.42 Å². The van der Waals surface area contributed by atoms with Crippen LogP contribution in [0.1, 0.15) is 32.6 Å². The van der Waals surface area contributed by atoms with Crippen molar-refractivity contribution in [2.45, 2.75) is 38.6 Å². The molecule has 1 saturated heterocycles. The van der Waals surface area contributed by atoms with Crippen LogP contribution in [-0.4, -0.2) is 57.4 Å². The highest BCUT2D eigenvalue weighted by atomic mass is 35.5. The van der Waals surface area contributed by atoms with Crippen LogP contribution >= 0.6 is 12.4 Å². The minimum absolute atomic E-state index is 0. The molecule has 0 aliphatic carbocycles. The van der Waals surface area contributed by atoms with E-state index in [0.717, 1.165) is 32.4 Å². The van der Waals surface area contributed by atoms with E-state index in [0.29, 0.717) is 12.3 Å². The molecule has 0 aromatic heterocycles. The van der Waals surface area contributed by atoms with E-state index in [1.807, 2.05) is 0 Å². The van der Waals surface area contributed by atoms with Crippen LogP contribution in [0.3, 0.4) is 0 Å². The molecule has 5 nitrogen and oxygen atoms in total. The molecule has 0 spiro atoms. The maximum atomic E-state index is 12.0. The molecular weight excluding hydrogens is 300 g/mol. The van der Waals surface area contributed by atoms with Gasteiger partial charge in [0.15, 0.2) is 0 Å². The molecule has 0 radical (unpaired) electrons. The van der Waals surface area contributed by atoms with Crippen LogP contribution in [0, 0.1) is 5.92 Å². The van der Waals surface area contributed by atoms with Gasteiger partial charge < -0.3 is 10.2 Å². The predicted octanol–water partition coefficient (Wildman–Crippen LogP) is 1.08. The lowest BCUT2D eigenvalue weighted by atomic mass is 9.93. The van der Waals surface area contributed by atoms with Gasteiger partial charge in [0.25, 0.3) is 0 Å². The summed E-state index contributed by atoms with van der Waals surface area (Å²) in [5.74, 6) is 0.710. The lowest BCUT2D eigenvalue weighted by Gasteiger charge is -2.26. The van der Waals surface area contributed by atoms with Crippen LogP contribution < -0.4 is 5.32 Å². The molecule has 0 aromatic rings. The third kappa shape index (κ3) is 7.45. The number of nitrogens with one attached hydrogen (secondary N) is 1. The summed E-state index contributed by atoms with van der Waals surface area (Å²) in [6.45, 7) is 3.86. The van der Waals surface area contributed by atoms with Gasteiger partial charge in [0.2, 0.25) is 5.91 Å². The molecule has 120 valence electrons. The number of carbonyl (C=O) groups is 1. The molecule has 1 heterocycles. The molecule has 1 fully saturated rings. The van der Waals surface area contributed by atoms with Crippen molar-refractivity contribution in [2.75, 3.05) is 32.1 Å². The van der Waals surface area contributed by atoms with Gasteiger partial charge in [-0.05, 0) is 45.2 Å². The fraction of sp³-hybridized carbons (Fsp3) is 0.923. The second-order valence-electron chi connectivity index (χ2n) is 5.68. The van der Waals surface area contributed by atoms with Gasteiger partial charge in [0.1, 0.15) is 9.84 Å². The van der Waals surface area contributed by atoms with Crippen molar-refractivity contribution in [1.82, 2.24) is 10.2 Å². The number of nitrogens with zero attached hydrogens (tertiary/aromatic N) is 1. The van der Waals surface area contributed by atoms with Crippen LogP contribution in [0.5, 0.6) is 0 Å². The van der Waals surface area contributed by atoms with Gasteiger partial charge in [-0.1, -0.05) is 0 Å². The smallest absolute Gasteiger partial charge is 0.222 e. The molecule has 1 atom stereocenters.